The van der Waals surface area contributed by atoms with Gasteiger partial charge in [-0.25, -0.2) is 10.4 Å². The van der Waals surface area contributed by atoms with Crippen LogP contribution < -0.4 is 10.7 Å². The number of carbonyl (C=O) groups is 2. The molecule has 0 saturated carbocycles. The summed E-state index contributed by atoms with van der Waals surface area (Å²) in [4.78, 5) is 29.3. The molecule has 0 aliphatic carbocycles. The molecule has 0 aliphatic heterocycles. The zero-order chi connectivity index (χ0) is 21.3. The van der Waals surface area contributed by atoms with Crippen LogP contribution in [-0.4, -0.2) is 22.5 Å². The molecule has 1 heterocycles. The quantitative estimate of drug-likeness (QED) is 0.464. The highest BCUT2D eigenvalue weighted by Crippen LogP contribution is 2.24. The first kappa shape index (κ1) is 20.9. The molecule has 0 saturated heterocycles. The monoisotopic (exact) mass is 400 g/mol. The number of benzene rings is 2. The van der Waals surface area contributed by atoms with Gasteiger partial charge in [-0.3, -0.25) is 9.59 Å². The first-order valence-corrected chi connectivity index (χ1v) is 9.68. The van der Waals surface area contributed by atoms with Gasteiger partial charge in [0.2, 0.25) is 5.91 Å². The molecular weight excluding hydrogens is 376 g/mol. The number of carbonyl (C=O) groups excluding carboxylic acids is 2. The number of rotatable bonds is 7. The van der Waals surface area contributed by atoms with Crippen LogP contribution in [0.3, 0.4) is 0 Å². The van der Waals surface area contributed by atoms with Crippen molar-refractivity contribution in [3.63, 3.8) is 0 Å². The number of amides is 2. The topological polar surface area (TPSA) is 83.4 Å². The predicted molar refractivity (Wildman–Crippen MR) is 118 cm³/mol. The van der Waals surface area contributed by atoms with Gasteiger partial charge in [0.05, 0.1) is 12.3 Å². The van der Waals surface area contributed by atoms with E-state index in [1.165, 1.54) is 0 Å². The van der Waals surface area contributed by atoms with E-state index in [0.29, 0.717) is 11.5 Å². The van der Waals surface area contributed by atoms with Crippen LogP contribution >= 0.6 is 0 Å². The van der Waals surface area contributed by atoms with Crippen molar-refractivity contribution in [1.29, 1.82) is 0 Å². The second kappa shape index (κ2) is 10.1. The Balaban J connectivity index is 1.66. The minimum absolute atomic E-state index is 0.0528. The standard InChI is InChI=1S/C24H24N4O2/c1-17-13-14-25-21(15-17)26-22(29)16-18(2)27-28-24(30)23(19-9-5-3-6-10-19)20-11-7-4-8-12-20/h3-15,23H,16H2,1-2H3,(H,28,30)(H,25,26,29)/b27-18-. The van der Waals surface area contributed by atoms with Gasteiger partial charge in [-0.1, -0.05) is 60.7 Å². The van der Waals surface area contributed by atoms with E-state index in [2.05, 4.69) is 20.8 Å². The van der Waals surface area contributed by atoms with Crippen molar-refractivity contribution < 1.29 is 9.59 Å². The zero-order valence-electron chi connectivity index (χ0n) is 17.0. The molecule has 0 unspecified atom stereocenters. The lowest BCUT2D eigenvalue weighted by Gasteiger charge is -2.16. The van der Waals surface area contributed by atoms with Crippen molar-refractivity contribution in [1.82, 2.24) is 10.4 Å². The molecule has 1 aromatic heterocycles. The zero-order valence-corrected chi connectivity index (χ0v) is 17.0. The third-order valence-corrected chi connectivity index (χ3v) is 4.48. The molecule has 3 aromatic rings. The number of aryl methyl sites for hydroxylation is 1. The van der Waals surface area contributed by atoms with Crippen LogP contribution in [0.1, 0.15) is 36.0 Å². The molecule has 0 fully saturated rings. The van der Waals surface area contributed by atoms with Crippen molar-refractivity contribution >= 4 is 23.3 Å². The van der Waals surface area contributed by atoms with Crippen molar-refractivity contribution in [2.45, 2.75) is 26.2 Å². The van der Waals surface area contributed by atoms with Crippen LogP contribution in [0.5, 0.6) is 0 Å². The average Bonchev–Trinajstić information content (AvgIpc) is 2.74. The van der Waals surface area contributed by atoms with Crippen LogP contribution in [0.2, 0.25) is 0 Å². The summed E-state index contributed by atoms with van der Waals surface area (Å²) >= 11 is 0. The molecule has 0 bridgehead atoms. The van der Waals surface area contributed by atoms with Gasteiger partial charge in [0.1, 0.15) is 5.82 Å². The number of hydrogen-bond acceptors (Lipinski definition) is 4. The SMILES string of the molecule is C/C(CC(=O)Nc1cc(C)ccn1)=N/NC(=O)C(c1ccccc1)c1ccccc1. The Morgan fingerprint density at radius 3 is 2.13 bits per heavy atom. The molecule has 6 nitrogen and oxygen atoms in total. The van der Waals surface area contributed by atoms with Gasteiger partial charge in [0, 0.05) is 11.9 Å². The smallest absolute Gasteiger partial charge is 0.252 e. The molecule has 152 valence electrons. The molecule has 2 aromatic carbocycles. The van der Waals surface area contributed by atoms with E-state index in [9.17, 15) is 9.59 Å². The van der Waals surface area contributed by atoms with Gasteiger partial charge >= 0.3 is 0 Å². The predicted octanol–water partition coefficient (Wildman–Crippen LogP) is 4.04. The lowest BCUT2D eigenvalue weighted by molar-refractivity contribution is -0.121. The summed E-state index contributed by atoms with van der Waals surface area (Å²) in [7, 11) is 0. The van der Waals surface area contributed by atoms with Crippen LogP contribution in [0.25, 0.3) is 0 Å². The fraction of sp³-hybridized carbons (Fsp3) is 0.167. The molecule has 2 amide bonds. The Bertz CT molecular complexity index is 994. The highest BCUT2D eigenvalue weighted by atomic mass is 16.2. The Morgan fingerprint density at radius 1 is 0.967 bits per heavy atom. The van der Waals surface area contributed by atoms with E-state index >= 15 is 0 Å². The average molecular weight is 400 g/mol. The molecule has 0 radical (unpaired) electrons. The first-order chi connectivity index (χ1) is 14.5. The van der Waals surface area contributed by atoms with Crippen LogP contribution in [0.15, 0.2) is 84.1 Å². The largest absolute Gasteiger partial charge is 0.310 e. The van der Waals surface area contributed by atoms with E-state index in [-0.39, 0.29) is 18.2 Å². The number of hydrazone groups is 1. The minimum atomic E-state index is -0.491. The Hall–Kier alpha value is -3.80. The summed E-state index contributed by atoms with van der Waals surface area (Å²) in [5, 5.41) is 6.86. The van der Waals surface area contributed by atoms with Gasteiger partial charge < -0.3 is 5.32 Å². The number of anilines is 1. The second-order valence-electron chi connectivity index (χ2n) is 7.02. The third kappa shape index (κ3) is 5.85. The summed E-state index contributed by atoms with van der Waals surface area (Å²) < 4.78 is 0. The van der Waals surface area contributed by atoms with Gasteiger partial charge in [0.15, 0.2) is 0 Å². The van der Waals surface area contributed by atoms with Crippen LogP contribution in [0.4, 0.5) is 5.82 Å². The first-order valence-electron chi connectivity index (χ1n) is 9.68. The normalized spacial score (nSPS) is 11.2. The Kier molecular flexibility index (Phi) is 7.05. The molecule has 6 heteroatoms. The number of hydrogen-bond donors (Lipinski definition) is 2. The van der Waals surface area contributed by atoms with E-state index < -0.39 is 5.92 Å². The lowest BCUT2D eigenvalue weighted by atomic mass is 9.91. The van der Waals surface area contributed by atoms with Crippen molar-refractivity contribution in [2.75, 3.05) is 5.32 Å². The van der Waals surface area contributed by atoms with Crippen molar-refractivity contribution in [3.8, 4) is 0 Å². The maximum atomic E-state index is 12.9. The maximum absolute atomic E-state index is 12.9. The summed E-state index contributed by atoms with van der Waals surface area (Å²) in [5.74, 6) is -0.502. The maximum Gasteiger partial charge on any atom is 0.252 e. The highest BCUT2D eigenvalue weighted by molar-refractivity contribution is 6.05. The van der Waals surface area contributed by atoms with E-state index in [4.69, 9.17) is 0 Å². The molecule has 30 heavy (non-hydrogen) atoms. The molecular formula is C24H24N4O2. The Morgan fingerprint density at radius 2 is 1.57 bits per heavy atom. The molecule has 0 spiro atoms. The molecule has 3 rings (SSSR count). The van der Waals surface area contributed by atoms with Gasteiger partial charge in [-0.2, -0.15) is 5.10 Å². The second-order valence-corrected chi connectivity index (χ2v) is 7.02. The van der Waals surface area contributed by atoms with E-state index in [1.54, 1.807) is 19.2 Å². The summed E-state index contributed by atoms with van der Waals surface area (Å²) in [6.45, 7) is 3.62. The fourth-order valence-electron chi connectivity index (χ4n) is 3.06. The van der Waals surface area contributed by atoms with Gasteiger partial charge in [-0.05, 0) is 42.7 Å². The number of pyridine rings is 1. The van der Waals surface area contributed by atoms with Crippen molar-refractivity contribution in [3.05, 3.63) is 95.7 Å². The minimum Gasteiger partial charge on any atom is -0.310 e. The molecule has 0 atom stereocenters. The van der Waals surface area contributed by atoms with Crippen LogP contribution in [-0.2, 0) is 9.59 Å². The molecule has 2 N–H and O–H groups in total. The Labute approximate surface area is 176 Å². The lowest BCUT2D eigenvalue weighted by Crippen LogP contribution is -2.27. The highest BCUT2D eigenvalue weighted by Gasteiger charge is 2.22. The summed E-state index contributed by atoms with van der Waals surface area (Å²) in [6.07, 6.45) is 1.69. The van der Waals surface area contributed by atoms with Crippen LogP contribution in [0, 0.1) is 6.92 Å². The number of nitrogens with one attached hydrogen (secondary N) is 2. The number of aromatic nitrogens is 1. The van der Waals surface area contributed by atoms with Gasteiger partial charge in [-0.15, -0.1) is 0 Å². The summed E-state index contributed by atoms with van der Waals surface area (Å²) in [5.41, 5.74) is 5.86. The van der Waals surface area contributed by atoms with Gasteiger partial charge in [0.25, 0.3) is 5.91 Å². The summed E-state index contributed by atoms with van der Waals surface area (Å²) in [6, 6.07) is 22.7. The fourth-order valence-corrected chi connectivity index (χ4v) is 3.06. The van der Waals surface area contributed by atoms with Crippen molar-refractivity contribution in [2.24, 2.45) is 5.10 Å². The third-order valence-electron chi connectivity index (χ3n) is 4.48. The number of nitrogens with zero attached hydrogens (tertiary/aromatic N) is 2. The molecule has 0 aliphatic rings. The van der Waals surface area contributed by atoms with E-state index in [1.807, 2.05) is 73.7 Å². The van der Waals surface area contributed by atoms with E-state index in [0.717, 1.165) is 16.7 Å².